The number of ether oxygens (including phenoxy) is 1. The molecule has 0 unspecified atom stereocenters. The maximum atomic E-state index is 8.79. The van der Waals surface area contributed by atoms with E-state index < -0.39 is 0 Å². The molecule has 0 aliphatic heterocycles. The van der Waals surface area contributed by atoms with Gasteiger partial charge in [0, 0.05) is 6.20 Å². The number of fused-ring (bicyclic) bond motifs is 1. The van der Waals surface area contributed by atoms with Gasteiger partial charge in [0.2, 0.25) is 5.88 Å². The van der Waals surface area contributed by atoms with Gasteiger partial charge in [0.15, 0.2) is 0 Å². The number of aromatic amines is 1. The van der Waals surface area contributed by atoms with Gasteiger partial charge in [-0.25, -0.2) is 20.1 Å². The summed E-state index contributed by atoms with van der Waals surface area (Å²) in [5.74, 6) is 0.499. The molecule has 106 valence electrons. The summed E-state index contributed by atoms with van der Waals surface area (Å²) in [6.07, 6.45) is 5.27. The molecule has 0 aromatic carbocycles. The second-order valence-corrected chi connectivity index (χ2v) is 5.45. The molecular weight excluding hydrogens is 266 g/mol. The number of H-pyrrole nitrogens is 1. The van der Waals surface area contributed by atoms with Crippen molar-refractivity contribution in [3.8, 4) is 11.9 Å². The highest BCUT2D eigenvalue weighted by atomic mass is 16.5. The fourth-order valence-corrected chi connectivity index (χ4v) is 1.85. The first-order valence-corrected chi connectivity index (χ1v) is 6.42. The van der Waals surface area contributed by atoms with E-state index in [2.05, 4.69) is 19.8 Å². The summed E-state index contributed by atoms with van der Waals surface area (Å²) in [6, 6.07) is 1.85. The van der Waals surface area contributed by atoms with Crippen LogP contribution in [0.2, 0.25) is 0 Å². The molecule has 0 bridgehead atoms. The van der Waals surface area contributed by atoms with Gasteiger partial charge in [-0.15, -0.1) is 0 Å². The van der Waals surface area contributed by atoms with Crippen molar-refractivity contribution < 1.29 is 4.74 Å². The maximum absolute atomic E-state index is 8.79. The smallest absolute Gasteiger partial charge is 0.258 e. The summed E-state index contributed by atoms with van der Waals surface area (Å²) in [6.45, 7) is 12.7. The molecule has 6 nitrogen and oxygen atoms in total. The van der Waals surface area contributed by atoms with Crippen molar-refractivity contribution in [2.45, 2.75) is 32.8 Å². The van der Waals surface area contributed by atoms with Gasteiger partial charge in [0.25, 0.3) is 5.70 Å². The molecule has 2 aromatic rings. The number of allylic oxidation sites excluding steroid dienone is 2. The number of aromatic nitrogens is 3. The van der Waals surface area contributed by atoms with E-state index in [1.165, 1.54) is 6.33 Å². The van der Waals surface area contributed by atoms with E-state index in [1.807, 2.05) is 26.8 Å². The summed E-state index contributed by atoms with van der Waals surface area (Å²) < 4.78 is 5.86. The van der Waals surface area contributed by atoms with Crippen LogP contribution in [0.25, 0.3) is 15.9 Å². The molecule has 0 aliphatic carbocycles. The van der Waals surface area contributed by atoms with Crippen LogP contribution < -0.4 is 4.74 Å². The molecule has 0 fully saturated rings. The predicted molar refractivity (Wildman–Crippen MR) is 78.3 cm³/mol. The molecular formula is C15H15N5O. The molecule has 6 heteroatoms. The Kier molecular flexibility index (Phi) is 3.91. The SMILES string of the molecule is [C-]#[N+]/C(C#N)=C\Cc1c[nH]c2ncnc(OC(C)(C)C)c12. The van der Waals surface area contributed by atoms with E-state index in [0.29, 0.717) is 17.9 Å². The minimum absolute atomic E-state index is 0.0690. The third-order valence-electron chi connectivity index (χ3n) is 2.67. The van der Waals surface area contributed by atoms with Crippen LogP contribution in [-0.4, -0.2) is 20.6 Å². The lowest BCUT2D eigenvalue weighted by Crippen LogP contribution is -2.23. The van der Waals surface area contributed by atoms with Crippen molar-refractivity contribution in [2.75, 3.05) is 0 Å². The quantitative estimate of drug-likeness (QED) is 0.693. The molecule has 0 saturated heterocycles. The predicted octanol–water partition coefficient (Wildman–Crippen LogP) is 3.00. The highest BCUT2D eigenvalue weighted by Gasteiger charge is 2.18. The maximum Gasteiger partial charge on any atom is 0.258 e. The third-order valence-corrected chi connectivity index (χ3v) is 2.67. The van der Waals surface area contributed by atoms with Crippen LogP contribution in [0.5, 0.6) is 5.88 Å². The third kappa shape index (κ3) is 3.37. The normalized spacial score (nSPS) is 12.0. The van der Waals surface area contributed by atoms with Crippen molar-refractivity contribution >= 4 is 11.0 Å². The van der Waals surface area contributed by atoms with E-state index in [1.54, 1.807) is 12.3 Å². The van der Waals surface area contributed by atoms with Crippen molar-refractivity contribution in [3.05, 3.63) is 41.3 Å². The number of hydrogen-bond acceptors (Lipinski definition) is 4. The molecule has 1 N–H and O–H groups in total. The van der Waals surface area contributed by atoms with Crippen LogP contribution in [0.1, 0.15) is 26.3 Å². The van der Waals surface area contributed by atoms with Crippen LogP contribution in [0.3, 0.4) is 0 Å². The highest BCUT2D eigenvalue weighted by molar-refractivity contribution is 5.84. The van der Waals surface area contributed by atoms with Gasteiger partial charge in [0.05, 0.1) is 18.0 Å². The minimum Gasteiger partial charge on any atom is -0.471 e. The van der Waals surface area contributed by atoms with Gasteiger partial charge in [0.1, 0.15) is 17.6 Å². The molecule has 2 rings (SSSR count). The molecule has 21 heavy (non-hydrogen) atoms. The van der Waals surface area contributed by atoms with Crippen LogP contribution in [0.4, 0.5) is 0 Å². The van der Waals surface area contributed by atoms with Gasteiger partial charge in [-0.05, 0) is 32.8 Å². The molecule has 0 aliphatic rings. The van der Waals surface area contributed by atoms with E-state index in [9.17, 15) is 0 Å². The Morgan fingerprint density at radius 3 is 2.90 bits per heavy atom. The van der Waals surface area contributed by atoms with Crippen molar-refractivity contribution in [1.82, 2.24) is 15.0 Å². The Balaban J connectivity index is 2.45. The summed E-state index contributed by atoms with van der Waals surface area (Å²) in [5, 5.41) is 9.57. The lowest BCUT2D eigenvalue weighted by Gasteiger charge is -2.20. The molecule has 0 amide bonds. The number of hydrogen-bond donors (Lipinski definition) is 1. The molecule has 2 aromatic heterocycles. The second kappa shape index (κ2) is 5.64. The zero-order valence-corrected chi connectivity index (χ0v) is 12.1. The lowest BCUT2D eigenvalue weighted by atomic mass is 10.1. The summed E-state index contributed by atoms with van der Waals surface area (Å²) in [7, 11) is 0. The van der Waals surface area contributed by atoms with Gasteiger partial charge in [-0.1, -0.05) is 6.08 Å². The fourth-order valence-electron chi connectivity index (χ4n) is 1.85. The molecule has 0 atom stereocenters. The van der Waals surface area contributed by atoms with E-state index in [-0.39, 0.29) is 11.3 Å². The number of nitriles is 1. The average molecular weight is 281 g/mol. The first-order chi connectivity index (χ1) is 9.94. The Morgan fingerprint density at radius 2 is 2.29 bits per heavy atom. The number of rotatable bonds is 3. The van der Waals surface area contributed by atoms with Crippen LogP contribution >= 0.6 is 0 Å². The van der Waals surface area contributed by atoms with Crippen LogP contribution in [0.15, 0.2) is 24.3 Å². The summed E-state index contributed by atoms with van der Waals surface area (Å²) in [4.78, 5) is 14.6. The van der Waals surface area contributed by atoms with Gasteiger partial charge in [-0.3, -0.25) is 0 Å². The highest BCUT2D eigenvalue weighted by Crippen LogP contribution is 2.28. The van der Waals surface area contributed by atoms with Crippen molar-refractivity contribution in [3.63, 3.8) is 0 Å². The van der Waals surface area contributed by atoms with Gasteiger partial charge >= 0.3 is 0 Å². The number of nitrogens with zero attached hydrogens (tertiary/aromatic N) is 4. The van der Waals surface area contributed by atoms with Crippen LogP contribution in [0, 0.1) is 17.9 Å². The fraction of sp³-hybridized carbons (Fsp3) is 0.333. The Bertz CT molecular complexity index is 752. The largest absolute Gasteiger partial charge is 0.471 e. The molecule has 0 saturated carbocycles. The Morgan fingerprint density at radius 1 is 1.52 bits per heavy atom. The minimum atomic E-state index is -0.375. The second-order valence-electron chi connectivity index (χ2n) is 5.45. The Hall–Kier alpha value is -2.86. The summed E-state index contributed by atoms with van der Waals surface area (Å²) >= 11 is 0. The molecule has 0 spiro atoms. The molecule has 0 radical (unpaired) electrons. The van der Waals surface area contributed by atoms with Crippen molar-refractivity contribution in [1.29, 1.82) is 5.26 Å². The zero-order valence-electron chi connectivity index (χ0n) is 12.1. The first-order valence-electron chi connectivity index (χ1n) is 6.42. The zero-order chi connectivity index (χ0) is 15.5. The topological polar surface area (TPSA) is 79.0 Å². The van der Waals surface area contributed by atoms with E-state index in [0.717, 1.165) is 10.9 Å². The Labute approximate surface area is 122 Å². The van der Waals surface area contributed by atoms with E-state index in [4.69, 9.17) is 16.6 Å². The monoisotopic (exact) mass is 281 g/mol. The van der Waals surface area contributed by atoms with Gasteiger partial charge in [-0.2, -0.15) is 0 Å². The van der Waals surface area contributed by atoms with E-state index >= 15 is 0 Å². The standard InChI is InChI=1S/C15H15N5O/c1-15(2,3)21-14-12-10(5-6-11(7-16)17-4)8-18-13(12)19-9-20-14/h6,8-9H,5H2,1-3H3,(H,18,19,20)/b11-6-. The first kappa shape index (κ1) is 14.5. The van der Waals surface area contributed by atoms with Gasteiger partial charge < -0.3 is 9.72 Å². The molecule has 2 heterocycles. The lowest BCUT2D eigenvalue weighted by molar-refractivity contribution is 0.126. The van der Waals surface area contributed by atoms with Crippen LogP contribution in [-0.2, 0) is 6.42 Å². The van der Waals surface area contributed by atoms with Crippen molar-refractivity contribution in [2.24, 2.45) is 0 Å². The average Bonchev–Trinajstić information content (AvgIpc) is 2.83. The summed E-state index contributed by atoms with van der Waals surface area (Å²) in [5.41, 5.74) is 1.26. The number of nitrogens with one attached hydrogen (secondary N) is 1.